The third-order valence-corrected chi connectivity index (χ3v) is 6.57. The van der Waals surface area contributed by atoms with Crippen LogP contribution >= 0.6 is 22.6 Å². The lowest BCUT2D eigenvalue weighted by molar-refractivity contribution is 0.0952. The van der Waals surface area contributed by atoms with Crippen LogP contribution in [0.1, 0.15) is 28.4 Å². The second-order valence-corrected chi connectivity index (χ2v) is 9.72. The molecular weight excluding hydrogens is 571 g/mol. The van der Waals surface area contributed by atoms with E-state index in [0.29, 0.717) is 27.1 Å². The van der Waals surface area contributed by atoms with E-state index in [1.165, 1.54) is 25.5 Å². The van der Waals surface area contributed by atoms with Crippen molar-refractivity contribution in [3.8, 4) is 17.2 Å². The van der Waals surface area contributed by atoms with Crippen LogP contribution in [0.25, 0.3) is 0 Å². The summed E-state index contributed by atoms with van der Waals surface area (Å²) >= 11 is 1.96. The fourth-order valence-corrected chi connectivity index (χ4v) is 4.83. The Bertz CT molecular complexity index is 1310. The number of carbonyl (C=O) groups is 1. The van der Waals surface area contributed by atoms with Crippen molar-refractivity contribution in [1.82, 2.24) is 5.43 Å². The number of hydrogen-bond donors (Lipinski definition) is 1. The van der Waals surface area contributed by atoms with Crippen LogP contribution in [-0.2, 0) is 10.1 Å². The van der Waals surface area contributed by atoms with E-state index in [1.807, 2.05) is 29.5 Å². The molecule has 0 aliphatic rings. The van der Waals surface area contributed by atoms with Crippen LogP contribution < -0.4 is 19.1 Å². The number of nitrogens with zero attached hydrogens (tertiary/aromatic N) is 1. The summed E-state index contributed by atoms with van der Waals surface area (Å²) in [5.74, 6) is 0.336. The first-order chi connectivity index (χ1) is 16.2. The second-order valence-electron chi connectivity index (χ2n) is 7.02. The second kappa shape index (κ2) is 11.3. The molecule has 10 heteroatoms. The predicted molar refractivity (Wildman–Crippen MR) is 137 cm³/mol. The number of carbonyl (C=O) groups excluding carboxylic acids is 1. The number of aryl methyl sites for hydroxylation is 1. The van der Waals surface area contributed by atoms with Gasteiger partial charge in [-0.3, -0.25) is 4.79 Å². The largest absolute Gasteiger partial charge is 0.496 e. The van der Waals surface area contributed by atoms with Gasteiger partial charge in [-0.15, -0.1) is 0 Å². The molecule has 0 unspecified atom stereocenters. The highest BCUT2D eigenvalue weighted by Crippen LogP contribution is 2.36. The standard InChI is InChI=1S/C24H23IN2O6S/c1-4-32-22-14-17(15-26-27-24(28)19-11-10-16(2)12-21(19)31-3)13-20(25)23(22)33-34(29,30)18-8-6-5-7-9-18/h5-15H,4H2,1-3H3,(H,27,28)/b26-15-. The minimum absolute atomic E-state index is 0.0353. The molecule has 3 rings (SSSR count). The number of nitrogens with one attached hydrogen (secondary N) is 1. The van der Waals surface area contributed by atoms with Gasteiger partial charge < -0.3 is 13.7 Å². The number of benzene rings is 3. The Morgan fingerprint density at radius 3 is 2.50 bits per heavy atom. The summed E-state index contributed by atoms with van der Waals surface area (Å²) in [6.07, 6.45) is 1.43. The first kappa shape index (κ1) is 25.5. The fraction of sp³-hybridized carbons (Fsp3) is 0.167. The third kappa shape index (κ3) is 6.26. The average molecular weight is 594 g/mol. The monoisotopic (exact) mass is 594 g/mol. The molecule has 0 aromatic heterocycles. The zero-order valence-electron chi connectivity index (χ0n) is 18.7. The Hall–Kier alpha value is -3.12. The molecular formula is C24H23IN2O6S. The molecule has 0 aliphatic carbocycles. The summed E-state index contributed by atoms with van der Waals surface area (Å²) in [5.41, 5.74) is 4.36. The van der Waals surface area contributed by atoms with Crippen LogP contribution in [-0.4, -0.2) is 34.3 Å². The van der Waals surface area contributed by atoms with Gasteiger partial charge >= 0.3 is 10.1 Å². The van der Waals surface area contributed by atoms with Crippen molar-refractivity contribution in [2.75, 3.05) is 13.7 Å². The van der Waals surface area contributed by atoms with Gasteiger partial charge in [-0.25, -0.2) is 5.43 Å². The summed E-state index contributed by atoms with van der Waals surface area (Å²) in [6.45, 7) is 3.97. The van der Waals surface area contributed by atoms with Gasteiger partial charge in [0, 0.05) is 0 Å². The number of hydrogen-bond acceptors (Lipinski definition) is 7. The van der Waals surface area contributed by atoms with Crippen molar-refractivity contribution >= 4 is 44.8 Å². The Labute approximate surface area is 212 Å². The van der Waals surface area contributed by atoms with Crippen LogP contribution in [0.5, 0.6) is 17.2 Å². The van der Waals surface area contributed by atoms with Crippen molar-refractivity contribution in [2.24, 2.45) is 5.10 Å². The van der Waals surface area contributed by atoms with Gasteiger partial charge in [0.2, 0.25) is 0 Å². The van der Waals surface area contributed by atoms with E-state index >= 15 is 0 Å². The van der Waals surface area contributed by atoms with E-state index in [4.69, 9.17) is 13.7 Å². The van der Waals surface area contributed by atoms with Crippen LogP contribution in [0.15, 0.2) is 70.7 Å². The lowest BCUT2D eigenvalue weighted by Crippen LogP contribution is -2.18. The molecule has 0 fully saturated rings. The van der Waals surface area contributed by atoms with Gasteiger partial charge in [-0.2, -0.15) is 13.5 Å². The van der Waals surface area contributed by atoms with Crippen LogP contribution in [0.2, 0.25) is 0 Å². The summed E-state index contributed by atoms with van der Waals surface area (Å²) < 4.78 is 42.2. The van der Waals surface area contributed by atoms with Crippen LogP contribution in [0.4, 0.5) is 0 Å². The van der Waals surface area contributed by atoms with Crippen molar-refractivity contribution in [3.05, 3.63) is 80.9 Å². The smallest absolute Gasteiger partial charge is 0.339 e. The first-order valence-electron chi connectivity index (χ1n) is 10.2. The number of rotatable bonds is 9. The third-order valence-electron chi connectivity index (χ3n) is 4.54. The van der Waals surface area contributed by atoms with E-state index in [1.54, 1.807) is 55.5 Å². The van der Waals surface area contributed by atoms with Gasteiger partial charge in [0.25, 0.3) is 5.91 Å². The first-order valence-corrected chi connectivity index (χ1v) is 12.7. The fourth-order valence-electron chi connectivity index (χ4n) is 2.96. The summed E-state index contributed by atoms with van der Waals surface area (Å²) in [7, 11) is -2.55. The molecule has 8 nitrogen and oxygen atoms in total. The zero-order valence-corrected chi connectivity index (χ0v) is 21.7. The molecule has 0 aliphatic heterocycles. The number of halogens is 1. The van der Waals surface area contributed by atoms with Crippen LogP contribution in [0.3, 0.4) is 0 Å². The van der Waals surface area contributed by atoms with E-state index in [9.17, 15) is 13.2 Å². The Morgan fingerprint density at radius 1 is 1.09 bits per heavy atom. The van der Waals surface area contributed by atoms with E-state index in [0.717, 1.165) is 5.56 Å². The number of hydrazone groups is 1. The van der Waals surface area contributed by atoms with E-state index in [-0.39, 0.29) is 16.4 Å². The molecule has 0 bridgehead atoms. The lowest BCUT2D eigenvalue weighted by Gasteiger charge is -2.14. The van der Waals surface area contributed by atoms with Gasteiger partial charge in [0.15, 0.2) is 11.5 Å². The summed E-state index contributed by atoms with van der Waals surface area (Å²) in [4.78, 5) is 12.5. The maximum Gasteiger partial charge on any atom is 0.339 e. The van der Waals surface area contributed by atoms with Gasteiger partial charge in [-0.05, 0) is 84.0 Å². The highest BCUT2D eigenvalue weighted by molar-refractivity contribution is 14.1. The predicted octanol–water partition coefficient (Wildman–Crippen LogP) is 4.54. The van der Waals surface area contributed by atoms with E-state index in [2.05, 4.69) is 10.5 Å². The molecule has 0 radical (unpaired) electrons. The van der Waals surface area contributed by atoms with Gasteiger partial charge in [-0.1, -0.05) is 24.3 Å². The Kier molecular flexibility index (Phi) is 8.51. The van der Waals surface area contributed by atoms with Crippen molar-refractivity contribution in [3.63, 3.8) is 0 Å². The highest BCUT2D eigenvalue weighted by Gasteiger charge is 2.22. The molecule has 0 saturated heterocycles. The van der Waals surface area contributed by atoms with Crippen molar-refractivity contribution in [1.29, 1.82) is 0 Å². The van der Waals surface area contributed by atoms with E-state index < -0.39 is 16.0 Å². The molecule has 0 spiro atoms. The maximum atomic E-state index is 12.7. The molecule has 34 heavy (non-hydrogen) atoms. The quantitative estimate of drug-likeness (QED) is 0.169. The zero-order chi connectivity index (χ0) is 24.7. The lowest BCUT2D eigenvalue weighted by atomic mass is 10.1. The number of amides is 1. The molecule has 178 valence electrons. The molecule has 0 heterocycles. The molecule has 1 N–H and O–H groups in total. The Morgan fingerprint density at radius 2 is 1.82 bits per heavy atom. The molecule has 0 atom stereocenters. The SMILES string of the molecule is CCOc1cc(/C=N\NC(=O)c2ccc(C)cc2OC)cc(I)c1OS(=O)(=O)c1ccccc1. The van der Waals surface area contributed by atoms with Crippen molar-refractivity contribution in [2.45, 2.75) is 18.7 Å². The Balaban J connectivity index is 1.82. The highest BCUT2D eigenvalue weighted by atomic mass is 127. The minimum Gasteiger partial charge on any atom is -0.496 e. The number of ether oxygens (including phenoxy) is 2. The molecule has 1 amide bonds. The average Bonchev–Trinajstić information content (AvgIpc) is 2.82. The summed E-state index contributed by atoms with van der Waals surface area (Å²) in [5, 5.41) is 4.01. The minimum atomic E-state index is -4.05. The van der Waals surface area contributed by atoms with Gasteiger partial charge in [0.05, 0.1) is 29.1 Å². The molecule has 0 saturated carbocycles. The number of methoxy groups -OCH3 is 1. The van der Waals surface area contributed by atoms with Crippen LogP contribution in [0, 0.1) is 10.5 Å². The van der Waals surface area contributed by atoms with Gasteiger partial charge in [0.1, 0.15) is 10.6 Å². The molecule has 3 aromatic carbocycles. The maximum absolute atomic E-state index is 12.7. The normalized spacial score (nSPS) is 11.3. The molecule has 3 aromatic rings. The topological polar surface area (TPSA) is 103 Å². The summed E-state index contributed by atoms with van der Waals surface area (Å²) in [6, 6.07) is 16.3. The van der Waals surface area contributed by atoms with Crippen molar-refractivity contribution < 1.29 is 26.9 Å².